The molecule has 0 aromatic heterocycles. The number of carbonyl (C=O) groups is 2. The van der Waals surface area contributed by atoms with Gasteiger partial charge in [-0.3, -0.25) is 0 Å². The number of rotatable bonds is 9. The Kier molecular flexibility index (Phi) is 8.73. The van der Waals surface area contributed by atoms with Gasteiger partial charge in [0, 0.05) is 0 Å². The van der Waals surface area contributed by atoms with E-state index in [0.717, 1.165) is 21.5 Å². The first-order valence-electron chi connectivity index (χ1n) is 11.9. The second-order valence-corrected chi connectivity index (χ2v) is 11.6. The molecule has 4 rings (SSSR count). The minimum Gasteiger partial charge on any atom is -0.467 e. The van der Waals surface area contributed by atoms with Crippen LogP contribution in [0.4, 0.5) is 0 Å². The zero-order valence-electron chi connectivity index (χ0n) is 20.8. The summed E-state index contributed by atoms with van der Waals surface area (Å²) in [7, 11) is 2.62. The smallest absolute Gasteiger partial charge is 0.340 e. The third-order valence-electron chi connectivity index (χ3n) is 6.11. The van der Waals surface area contributed by atoms with E-state index in [4.69, 9.17) is 14.2 Å². The second-order valence-electron chi connectivity index (χ2n) is 8.25. The SMILES string of the molecule is COC(=O)C(C(OCc1ccccc1)C(=O)OC)=P(c1ccccc1)(c1ccccc1)c1ccccc1. The molecule has 0 amide bonds. The summed E-state index contributed by atoms with van der Waals surface area (Å²) in [4.78, 5) is 27.2. The molecule has 6 heteroatoms. The highest BCUT2D eigenvalue weighted by Crippen LogP contribution is 2.47. The lowest BCUT2D eigenvalue weighted by Gasteiger charge is -2.34. The molecule has 0 radical (unpaired) electrons. The Morgan fingerprint density at radius 1 is 0.622 bits per heavy atom. The molecule has 0 N–H and O–H groups in total. The van der Waals surface area contributed by atoms with Crippen molar-refractivity contribution in [3.05, 3.63) is 127 Å². The Balaban J connectivity index is 2.14. The molecule has 0 saturated carbocycles. The summed E-state index contributed by atoms with van der Waals surface area (Å²) in [5, 5.41) is 2.90. The van der Waals surface area contributed by atoms with Crippen LogP contribution < -0.4 is 15.9 Å². The van der Waals surface area contributed by atoms with E-state index in [2.05, 4.69) is 0 Å². The molecule has 0 aliphatic heterocycles. The maximum atomic E-state index is 13.8. The zero-order chi connectivity index (χ0) is 26.1. The van der Waals surface area contributed by atoms with Crippen molar-refractivity contribution in [2.24, 2.45) is 0 Å². The lowest BCUT2D eigenvalue weighted by Crippen LogP contribution is -2.45. The lowest BCUT2D eigenvalue weighted by atomic mass is 10.2. The minimum absolute atomic E-state index is 0.111. The molecule has 5 nitrogen and oxygen atoms in total. The first-order chi connectivity index (χ1) is 18.1. The summed E-state index contributed by atoms with van der Waals surface area (Å²) in [6.45, 7) is -2.85. The Morgan fingerprint density at radius 2 is 1.03 bits per heavy atom. The van der Waals surface area contributed by atoms with Crippen molar-refractivity contribution in [3.63, 3.8) is 0 Å². The first kappa shape index (κ1) is 26.2. The standard InChI is InChI=1S/C31H29O5P/c1-34-30(32)28(36-23-24-15-7-3-8-16-24)29(31(33)35-2)37(25-17-9-4-10-18-25,26-19-11-5-12-20-26)27-21-13-6-14-22-27/h3-22,28H,23H2,1-2H3. The number of hydrogen-bond acceptors (Lipinski definition) is 5. The van der Waals surface area contributed by atoms with Crippen molar-refractivity contribution < 1.29 is 23.8 Å². The van der Waals surface area contributed by atoms with Crippen molar-refractivity contribution in [2.45, 2.75) is 12.7 Å². The number of hydrogen-bond donors (Lipinski definition) is 0. The maximum absolute atomic E-state index is 13.8. The van der Waals surface area contributed by atoms with Crippen LogP contribution in [0.15, 0.2) is 121 Å². The Labute approximate surface area is 217 Å². The second kappa shape index (κ2) is 12.4. The van der Waals surface area contributed by atoms with Gasteiger partial charge in [0.1, 0.15) is 0 Å². The van der Waals surface area contributed by atoms with E-state index in [1.54, 1.807) is 0 Å². The molecule has 0 spiro atoms. The van der Waals surface area contributed by atoms with E-state index in [9.17, 15) is 9.59 Å². The topological polar surface area (TPSA) is 61.8 Å². The predicted molar refractivity (Wildman–Crippen MR) is 149 cm³/mol. The molecule has 1 unspecified atom stereocenters. The molecule has 0 aliphatic carbocycles. The molecular formula is C31H29O5P. The van der Waals surface area contributed by atoms with Gasteiger partial charge in [-0.15, -0.1) is 0 Å². The third-order valence-corrected chi connectivity index (χ3v) is 10.5. The molecule has 4 aromatic rings. The molecule has 188 valence electrons. The van der Waals surface area contributed by atoms with Gasteiger partial charge in [-0.2, -0.15) is 0 Å². The van der Waals surface area contributed by atoms with Crippen LogP contribution in [0.1, 0.15) is 5.56 Å². The number of esters is 2. The van der Waals surface area contributed by atoms with Crippen LogP contribution in [0.25, 0.3) is 0 Å². The van der Waals surface area contributed by atoms with Gasteiger partial charge in [0.25, 0.3) is 0 Å². The maximum Gasteiger partial charge on any atom is 0.340 e. The fourth-order valence-corrected chi connectivity index (χ4v) is 8.95. The van der Waals surface area contributed by atoms with E-state index in [-0.39, 0.29) is 11.9 Å². The van der Waals surface area contributed by atoms with E-state index in [1.807, 2.05) is 121 Å². The monoisotopic (exact) mass is 512 g/mol. The van der Waals surface area contributed by atoms with Crippen molar-refractivity contribution in [2.75, 3.05) is 14.2 Å². The quantitative estimate of drug-likeness (QED) is 0.250. The minimum atomic E-state index is -2.96. The molecule has 0 bridgehead atoms. The molecular weight excluding hydrogens is 483 g/mol. The fraction of sp³-hybridized carbons (Fsp3) is 0.129. The van der Waals surface area contributed by atoms with Crippen molar-refractivity contribution in [1.82, 2.24) is 0 Å². The normalized spacial score (nSPS) is 11.8. The van der Waals surface area contributed by atoms with E-state index >= 15 is 0 Å². The van der Waals surface area contributed by atoms with Gasteiger partial charge >= 0.3 is 11.9 Å². The highest BCUT2D eigenvalue weighted by molar-refractivity contribution is 7.96. The molecule has 37 heavy (non-hydrogen) atoms. The third kappa shape index (κ3) is 5.43. The van der Waals surface area contributed by atoms with Crippen molar-refractivity contribution in [1.29, 1.82) is 0 Å². The Morgan fingerprint density at radius 3 is 1.41 bits per heavy atom. The largest absolute Gasteiger partial charge is 0.467 e. The number of ether oxygens (including phenoxy) is 3. The van der Waals surface area contributed by atoms with Crippen LogP contribution in [-0.2, 0) is 30.4 Å². The van der Waals surface area contributed by atoms with Crippen LogP contribution in [0.2, 0.25) is 0 Å². The fourth-order valence-electron chi connectivity index (χ4n) is 4.46. The summed E-state index contributed by atoms with van der Waals surface area (Å²) < 4.78 is 16.8. The van der Waals surface area contributed by atoms with Crippen LogP contribution >= 0.6 is 6.89 Å². The number of benzene rings is 4. The average molecular weight is 513 g/mol. The summed E-state index contributed by atoms with van der Waals surface area (Å²) in [6.07, 6.45) is -1.30. The Hall–Kier alpha value is -3.92. The molecule has 0 heterocycles. The van der Waals surface area contributed by atoms with Gasteiger partial charge in [0.2, 0.25) is 0 Å². The lowest BCUT2D eigenvalue weighted by molar-refractivity contribution is -0.151. The van der Waals surface area contributed by atoms with Crippen molar-refractivity contribution in [3.8, 4) is 0 Å². The van der Waals surface area contributed by atoms with E-state index < -0.39 is 24.9 Å². The molecule has 1 atom stereocenters. The van der Waals surface area contributed by atoms with Crippen molar-refractivity contribution >= 4 is 40.0 Å². The highest BCUT2D eigenvalue weighted by atomic mass is 31.2. The molecule has 0 saturated heterocycles. The van der Waals surface area contributed by atoms with Gasteiger partial charge in [-0.05, 0) is 28.4 Å². The molecule has 4 aromatic carbocycles. The van der Waals surface area contributed by atoms with E-state index in [1.165, 1.54) is 14.2 Å². The van der Waals surface area contributed by atoms with Crippen LogP contribution in [0, 0.1) is 0 Å². The number of carbonyl (C=O) groups excluding carboxylic acids is 2. The van der Waals surface area contributed by atoms with Crippen LogP contribution in [-0.4, -0.2) is 37.6 Å². The average Bonchev–Trinajstić information content (AvgIpc) is 2.98. The summed E-state index contributed by atoms with van der Waals surface area (Å²) in [5.74, 6) is -1.28. The molecule has 0 aliphatic rings. The first-order valence-corrected chi connectivity index (χ1v) is 13.7. The zero-order valence-corrected chi connectivity index (χ0v) is 21.7. The number of methoxy groups -OCH3 is 2. The van der Waals surface area contributed by atoms with E-state index in [0.29, 0.717) is 0 Å². The highest BCUT2D eigenvalue weighted by Gasteiger charge is 2.41. The van der Waals surface area contributed by atoms with Gasteiger partial charge in [0.15, 0.2) is 6.10 Å². The van der Waals surface area contributed by atoms with Crippen LogP contribution in [0.3, 0.4) is 0 Å². The predicted octanol–water partition coefficient (Wildman–Crippen LogP) is 4.08. The van der Waals surface area contributed by atoms with Gasteiger partial charge in [0.05, 0.1) is 26.1 Å². The van der Waals surface area contributed by atoms with Gasteiger partial charge < -0.3 is 14.2 Å². The summed E-state index contributed by atoms with van der Waals surface area (Å²) in [6, 6.07) is 38.8. The Bertz CT molecular complexity index is 1270. The van der Waals surface area contributed by atoms with Gasteiger partial charge in [-0.25, -0.2) is 9.59 Å². The summed E-state index contributed by atoms with van der Waals surface area (Å²) in [5.41, 5.74) is 0.865. The molecule has 0 fully saturated rings. The van der Waals surface area contributed by atoms with Gasteiger partial charge in [-0.1, -0.05) is 121 Å². The van der Waals surface area contributed by atoms with Crippen LogP contribution in [0.5, 0.6) is 0 Å². The summed E-state index contributed by atoms with van der Waals surface area (Å²) >= 11 is 0.